The summed E-state index contributed by atoms with van der Waals surface area (Å²) in [5.74, 6) is 2.16. The Morgan fingerprint density at radius 2 is 1.69 bits per heavy atom. The molecule has 0 saturated carbocycles. The molecule has 0 heterocycles. The summed E-state index contributed by atoms with van der Waals surface area (Å²) in [5, 5.41) is 11.7. The summed E-state index contributed by atoms with van der Waals surface area (Å²) in [4.78, 5) is 0. The Kier molecular flexibility index (Phi) is 6.62. The molecular formula is C11H22N2. The Bertz CT molecular complexity index is 148. The molecule has 0 atom stereocenters. The van der Waals surface area contributed by atoms with E-state index in [1.807, 2.05) is 0 Å². The van der Waals surface area contributed by atoms with Crippen LogP contribution >= 0.6 is 0 Å². The zero-order valence-electron chi connectivity index (χ0n) is 9.30. The molecule has 0 aromatic rings. The third-order valence-electron chi connectivity index (χ3n) is 2.51. The van der Waals surface area contributed by atoms with E-state index in [1.165, 1.54) is 0 Å². The van der Waals surface area contributed by atoms with Crippen LogP contribution in [0.1, 0.15) is 34.1 Å². The molecule has 0 aliphatic rings. The summed E-state index contributed by atoms with van der Waals surface area (Å²) in [6, 6.07) is 2.14. The summed E-state index contributed by atoms with van der Waals surface area (Å²) in [5.41, 5.74) is 0. The molecule has 0 aromatic carbocycles. The van der Waals surface area contributed by atoms with Crippen LogP contribution in [0.4, 0.5) is 0 Å². The van der Waals surface area contributed by atoms with Crippen molar-refractivity contribution in [1.82, 2.24) is 5.32 Å². The van der Waals surface area contributed by atoms with Gasteiger partial charge in [0.25, 0.3) is 0 Å². The molecule has 0 amide bonds. The predicted molar refractivity (Wildman–Crippen MR) is 56.3 cm³/mol. The first-order valence-electron chi connectivity index (χ1n) is 5.17. The molecule has 2 heteroatoms. The van der Waals surface area contributed by atoms with Gasteiger partial charge in [-0.25, -0.2) is 0 Å². The lowest BCUT2D eigenvalue weighted by atomic mass is 9.85. The molecule has 0 fully saturated rings. The Balaban J connectivity index is 3.65. The number of nitrogens with one attached hydrogen (secondary N) is 1. The van der Waals surface area contributed by atoms with E-state index in [9.17, 15) is 0 Å². The van der Waals surface area contributed by atoms with Crippen molar-refractivity contribution in [3.8, 4) is 6.07 Å². The summed E-state index contributed by atoms with van der Waals surface area (Å²) in [6.07, 6.45) is 0.614. The van der Waals surface area contributed by atoms with Crippen LogP contribution in [0.2, 0.25) is 0 Å². The lowest BCUT2D eigenvalue weighted by molar-refractivity contribution is 0.277. The van der Waals surface area contributed by atoms with Crippen LogP contribution in [0.3, 0.4) is 0 Å². The van der Waals surface area contributed by atoms with Gasteiger partial charge in [0.1, 0.15) is 0 Å². The van der Waals surface area contributed by atoms with Crippen LogP contribution in [-0.4, -0.2) is 13.1 Å². The average Bonchev–Trinajstić information content (AvgIpc) is 2.02. The fraction of sp³-hybridized carbons (Fsp3) is 0.909. The maximum Gasteiger partial charge on any atom is 0.0635 e. The Morgan fingerprint density at radius 3 is 2.08 bits per heavy atom. The highest BCUT2D eigenvalue weighted by Gasteiger charge is 2.16. The minimum absolute atomic E-state index is 0.614. The zero-order valence-corrected chi connectivity index (χ0v) is 9.30. The Hall–Kier alpha value is -0.550. The summed E-state index contributed by atoms with van der Waals surface area (Å²) in [6.45, 7) is 10.9. The van der Waals surface area contributed by atoms with Crippen LogP contribution in [0.5, 0.6) is 0 Å². The number of nitrogens with zero attached hydrogens (tertiary/aromatic N) is 1. The molecule has 2 nitrogen and oxygen atoms in total. The van der Waals surface area contributed by atoms with Gasteiger partial charge in [0.05, 0.1) is 6.07 Å². The molecule has 13 heavy (non-hydrogen) atoms. The van der Waals surface area contributed by atoms with E-state index in [-0.39, 0.29) is 0 Å². The van der Waals surface area contributed by atoms with Gasteiger partial charge in [0.15, 0.2) is 0 Å². The van der Waals surface area contributed by atoms with Gasteiger partial charge < -0.3 is 5.32 Å². The van der Waals surface area contributed by atoms with Gasteiger partial charge in [-0.2, -0.15) is 5.26 Å². The third kappa shape index (κ3) is 5.65. The molecular weight excluding hydrogens is 160 g/mol. The molecule has 0 aliphatic carbocycles. The van der Waals surface area contributed by atoms with Crippen molar-refractivity contribution in [3.05, 3.63) is 0 Å². The van der Waals surface area contributed by atoms with Crippen molar-refractivity contribution in [1.29, 1.82) is 5.26 Å². The predicted octanol–water partition coefficient (Wildman–Crippen LogP) is 2.42. The van der Waals surface area contributed by atoms with Gasteiger partial charge in [-0.15, -0.1) is 0 Å². The van der Waals surface area contributed by atoms with Crippen molar-refractivity contribution in [2.24, 2.45) is 17.8 Å². The lowest BCUT2D eigenvalue weighted by Crippen LogP contribution is -2.30. The zero-order chi connectivity index (χ0) is 10.3. The van der Waals surface area contributed by atoms with Crippen molar-refractivity contribution < 1.29 is 0 Å². The van der Waals surface area contributed by atoms with Gasteiger partial charge in [-0.3, -0.25) is 0 Å². The second-order valence-corrected chi connectivity index (χ2v) is 4.26. The highest BCUT2D eigenvalue weighted by molar-refractivity contribution is 4.73. The second-order valence-electron chi connectivity index (χ2n) is 4.26. The summed E-state index contributed by atoms with van der Waals surface area (Å²) >= 11 is 0. The fourth-order valence-corrected chi connectivity index (χ4v) is 1.65. The molecule has 0 unspecified atom stereocenters. The minimum atomic E-state index is 0.614. The molecule has 0 rings (SSSR count). The topological polar surface area (TPSA) is 35.8 Å². The number of hydrogen-bond donors (Lipinski definition) is 1. The molecule has 0 bridgehead atoms. The number of nitriles is 1. The van der Waals surface area contributed by atoms with Crippen molar-refractivity contribution in [2.45, 2.75) is 34.1 Å². The second kappa shape index (κ2) is 6.91. The van der Waals surface area contributed by atoms with Crippen LogP contribution < -0.4 is 5.32 Å². The molecule has 0 saturated heterocycles. The monoisotopic (exact) mass is 182 g/mol. The molecule has 0 aromatic heterocycles. The van der Waals surface area contributed by atoms with Gasteiger partial charge >= 0.3 is 0 Å². The van der Waals surface area contributed by atoms with E-state index in [2.05, 4.69) is 39.1 Å². The molecule has 0 spiro atoms. The number of hydrogen-bond acceptors (Lipinski definition) is 2. The molecule has 76 valence electrons. The van der Waals surface area contributed by atoms with E-state index in [4.69, 9.17) is 5.26 Å². The van der Waals surface area contributed by atoms with Gasteiger partial charge in [-0.1, -0.05) is 27.7 Å². The molecule has 1 N–H and O–H groups in total. The first-order chi connectivity index (χ1) is 6.09. The van der Waals surface area contributed by atoms with Gasteiger partial charge in [0, 0.05) is 13.0 Å². The van der Waals surface area contributed by atoms with Crippen molar-refractivity contribution >= 4 is 0 Å². The third-order valence-corrected chi connectivity index (χ3v) is 2.51. The van der Waals surface area contributed by atoms with Crippen molar-refractivity contribution in [3.63, 3.8) is 0 Å². The van der Waals surface area contributed by atoms with E-state index >= 15 is 0 Å². The highest BCUT2D eigenvalue weighted by atomic mass is 14.9. The first kappa shape index (κ1) is 12.4. The minimum Gasteiger partial charge on any atom is -0.315 e. The quantitative estimate of drug-likeness (QED) is 0.640. The van der Waals surface area contributed by atoms with Gasteiger partial charge in [-0.05, 0) is 24.3 Å². The van der Waals surface area contributed by atoms with Crippen LogP contribution in [0, 0.1) is 29.1 Å². The SMILES string of the molecule is CC(C)C(CNCCC#N)C(C)C. The van der Waals surface area contributed by atoms with E-state index in [1.54, 1.807) is 0 Å². The lowest BCUT2D eigenvalue weighted by Gasteiger charge is -2.24. The van der Waals surface area contributed by atoms with E-state index < -0.39 is 0 Å². The van der Waals surface area contributed by atoms with Crippen LogP contribution in [0.15, 0.2) is 0 Å². The molecule has 0 aliphatic heterocycles. The smallest absolute Gasteiger partial charge is 0.0635 e. The van der Waals surface area contributed by atoms with Crippen LogP contribution in [-0.2, 0) is 0 Å². The normalized spacial score (nSPS) is 11.2. The number of rotatable bonds is 6. The van der Waals surface area contributed by atoms with Crippen LogP contribution in [0.25, 0.3) is 0 Å². The highest BCUT2D eigenvalue weighted by Crippen LogP contribution is 2.19. The summed E-state index contributed by atoms with van der Waals surface area (Å²) < 4.78 is 0. The maximum absolute atomic E-state index is 8.36. The largest absolute Gasteiger partial charge is 0.315 e. The van der Waals surface area contributed by atoms with E-state index in [0.717, 1.165) is 30.8 Å². The maximum atomic E-state index is 8.36. The summed E-state index contributed by atoms with van der Waals surface area (Å²) in [7, 11) is 0. The van der Waals surface area contributed by atoms with Gasteiger partial charge in [0.2, 0.25) is 0 Å². The first-order valence-corrected chi connectivity index (χ1v) is 5.17. The Morgan fingerprint density at radius 1 is 1.15 bits per heavy atom. The van der Waals surface area contributed by atoms with Crippen molar-refractivity contribution in [2.75, 3.05) is 13.1 Å². The van der Waals surface area contributed by atoms with E-state index in [0.29, 0.717) is 6.42 Å². The molecule has 0 radical (unpaired) electrons. The average molecular weight is 182 g/mol. The fourth-order valence-electron chi connectivity index (χ4n) is 1.65. The standard InChI is InChI=1S/C11H22N2/c1-9(2)11(10(3)4)8-13-7-5-6-12/h9-11,13H,5,7-8H2,1-4H3. The Labute approximate surface area is 82.3 Å².